The summed E-state index contributed by atoms with van der Waals surface area (Å²) in [5, 5.41) is 8.66. The van der Waals surface area contributed by atoms with Crippen LogP contribution in [0.15, 0.2) is 24.4 Å². The molecule has 162 valence electrons. The summed E-state index contributed by atoms with van der Waals surface area (Å²) >= 11 is 0. The van der Waals surface area contributed by atoms with Gasteiger partial charge < -0.3 is 14.5 Å². The smallest absolute Gasteiger partial charge is 0.410 e. The molecule has 2 aromatic heterocycles. The second-order valence-electron chi connectivity index (χ2n) is 9.35. The molecule has 2 aliphatic rings. The van der Waals surface area contributed by atoms with E-state index in [1.165, 1.54) is 0 Å². The third-order valence-corrected chi connectivity index (χ3v) is 5.93. The third kappa shape index (κ3) is 4.42. The van der Waals surface area contributed by atoms with Gasteiger partial charge in [0.15, 0.2) is 5.65 Å². The number of aromatic nitrogens is 3. The number of fused-ring (bicyclic) bond motifs is 1. The number of carbonyl (C=O) groups excluding carboxylic acids is 2. The van der Waals surface area contributed by atoms with Crippen LogP contribution >= 0.6 is 0 Å². The number of ether oxygens (including phenoxy) is 1. The molecule has 2 amide bonds. The predicted molar refractivity (Wildman–Crippen MR) is 112 cm³/mol. The van der Waals surface area contributed by atoms with Gasteiger partial charge >= 0.3 is 6.09 Å². The van der Waals surface area contributed by atoms with E-state index >= 15 is 0 Å². The number of hydrogen-bond acceptors (Lipinski definition) is 5. The molecule has 8 heteroatoms. The Morgan fingerprint density at radius 2 is 1.80 bits per heavy atom. The molecule has 30 heavy (non-hydrogen) atoms. The van der Waals surface area contributed by atoms with Gasteiger partial charge in [0.1, 0.15) is 11.4 Å². The van der Waals surface area contributed by atoms with E-state index in [0.717, 1.165) is 30.9 Å². The zero-order chi connectivity index (χ0) is 21.3. The quantitative estimate of drug-likeness (QED) is 0.756. The molecule has 0 aromatic carbocycles. The van der Waals surface area contributed by atoms with E-state index in [2.05, 4.69) is 10.2 Å². The maximum atomic E-state index is 13.2. The van der Waals surface area contributed by atoms with Crippen molar-refractivity contribution in [3.8, 4) is 0 Å². The number of amides is 2. The molecule has 2 aromatic rings. The molecular formula is C22H31N5O3. The van der Waals surface area contributed by atoms with E-state index in [1.54, 1.807) is 4.90 Å². The molecule has 8 nitrogen and oxygen atoms in total. The van der Waals surface area contributed by atoms with E-state index in [1.807, 2.05) is 54.5 Å². The van der Waals surface area contributed by atoms with Crippen LogP contribution in [-0.4, -0.2) is 68.2 Å². The number of nitrogens with zero attached hydrogens (tertiary/aromatic N) is 5. The monoisotopic (exact) mass is 413 g/mol. The van der Waals surface area contributed by atoms with E-state index < -0.39 is 5.60 Å². The molecule has 4 heterocycles. The van der Waals surface area contributed by atoms with Gasteiger partial charge in [0.05, 0.1) is 0 Å². The standard InChI is InChI=1S/C22H31N5O3/c1-22(2,3)30-21(29)25-13-9-16(10-14-25)20(28)26-11-6-7-17(15-26)19-24-23-18-8-4-5-12-27(18)19/h4-5,8,12,16-17H,6-7,9-11,13-15H2,1-3H3/t17-/m0/s1. The topological polar surface area (TPSA) is 80.0 Å². The van der Waals surface area contributed by atoms with Crippen molar-refractivity contribution in [2.24, 2.45) is 5.92 Å². The zero-order valence-corrected chi connectivity index (χ0v) is 18.1. The van der Waals surface area contributed by atoms with Crippen molar-refractivity contribution < 1.29 is 14.3 Å². The summed E-state index contributed by atoms with van der Waals surface area (Å²) in [6, 6.07) is 5.87. The molecule has 2 fully saturated rings. The normalized spacial score (nSPS) is 21.1. The van der Waals surface area contributed by atoms with Gasteiger partial charge in [-0.3, -0.25) is 9.20 Å². The number of piperidine rings is 2. The van der Waals surface area contributed by atoms with Crippen molar-refractivity contribution in [2.45, 2.75) is 58.0 Å². The molecule has 0 saturated carbocycles. The molecule has 4 rings (SSSR count). The number of rotatable bonds is 2. The number of likely N-dealkylation sites (tertiary alicyclic amines) is 2. The van der Waals surface area contributed by atoms with Crippen LogP contribution in [0.4, 0.5) is 4.79 Å². The Hall–Kier alpha value is -2.64. The van der Waals surface area contributed by atoms with Crippen molar-refractivity contribution in [1.82, 2.24) is 24.4 Å². The highest BCUT2D eigenvalue weighted by Gasteiger charge is 2.34. The van der Waals surface area contributed by atoms with Crippen molar-refractivity contribution in [2.75, 3.05) is 26.2 Å². The molecule has 0 unspecified atom stereocenters. The Balaban J connectivity index is 1.36. The Morgan fingerprint density at radius 1 is 1.03 bits per heavy atom. The van der Waals surface area contributed by atoms with Gasteiger partial charge in [0.2, 0.25) is 5.91 Å². The average molecular weight is 414 g/mol. The zero-order valence-electron chi connectivity index (χ0n) is 18.1. The van der Waals surface area contributed by atoms with E-state index in [0.29, 0.717) is 32.5 Å². The molecule has 2 aliphatic heterocycles. The van der Waals surface area contributed by atoms with Crippen molar-refractivity contribution in [1.29, 1.82) is 0 Å². The minimum atomic E-state index is -0.502. The predicted octanol–water partition coefficient (Wildman–Crippen LogP) is 3.08. The van der Waals surface area contributed by atoms with Gasteiger partial charge in [-0.25, -0.2) is 4.79 Å². The lowest BCUT2D eigenvalue weighted by Crippen LogP contribution is -2.47. The molecule has 2 saturated heterocycles. The van der Waals surface area contributed by atoms with Crippen LogP contribution in [0.3, 0.4) is 0 Å². The number of hydrogen-bond donors (Lipinski definition) is 0. The maximum Gasteiger partial charge on any atom is 0.410 e. The fourth-order valence-corrected chi connectivity index (χ4v) is 4.42. The highest BCUT2D eigenvalue weighted by atomic mass is 16.6. The summed E-state index contributed by atoms with van der Waals surface area (Å²) in [6.07, 6.45) is 5.05. The second-order valence-corrected chi connectivity index (χ2v) is 9.35. The summed E-state index contributed by atoms with van der Waals surface area (Å²) in [5.41, 5.74) is 0.337. The van der Waals surface area contributed by atoms with E-state index in [-0.39, 0.29) is 23.8 Å². The molecule has 0 N–H and O–H groups in total. The van der Waals surface area contributed by atoms with Crippen LogP contribution in [0.5, 0.6) is 0 Å². The van der Waals surface area contributed by atoms with Gasteiger partial charge in [-0.1, -0.05) is 6.07 Å². The fourth-order valence-electron chi connectivity index (χ4n) is 4.42. The van der Waals surface area contributed by atoms with Crippen LogP contribution < -0.4 is 0 Å². The first-order chi connectivity index (χ1) is 14.3. The van der Waals surface area contributed by atoms with E-state index in [9.17, 15) is 9.59 Å². The first kappa shape index (κ1) is 20.6. The first-order valence-electron chi connectivity index (χ1n) is 10.9. The van der Waals surface area contributed by atoms with E-state index in [4.69, 9.17) is 4.74 Å². The van der Waals surface area contributed by atoms with Crippen LogP contribution in [0.2, 0.25) is 0 Å². The third-order valence-electron chi connectivity index (χ3n) is 5.93. The Bertz CT molecular complexity index is 911. The summed E-state index contributed by atoms with van der Waals surface area (Å²) in [7, 11) is 0. The molecule has 1 atom stereocenters. The Kier molecular flexibility index (Phi) is 5.66. The summed E-state index contributed by atoms with van der Waals surface area (Å²) in [5.74, 6) is 1.31. The highest BCUT2D eigenvalue weighted by molar-refractivity contribution is 5.79. The van der Waals surface area contributed by atoms with Gasteiger partial charge in [-0.05, 0) is 58.6 Å². The van der Waals surface area contributed by atoms with Gasteiger partial charge in [0.25, 0.3) is 0 Å². The maximum absolute atomic E-state index is 13.2. The molecular weight excluding hydrogens is 382 g/mol. The summed E-state index contributed by atoms with van der Waals surface area (Å²) in [6.45, 7) is 8.21. The molecule has 0 radical (unpaired) electrons. The summed E-state index contributed by atoms with van der Waals surface area (Å²) < 4.78 is 7.48. The lowest BCUT2D eigenvalue weighted by Gasteiger charge is -2.37. The van der Waals surface area contributed by atoms with Crippen LogP contribution in [0.1, 0.15) is 58.2 Å². The Labute approximate surface area is 177 Å². The lowest BCUT2D eigenvalue weighted by atomic mass is 9.92. The SMILES string of the molecule is CC(C)(C)OC(=O)N1CCC(C(=O)N2CCC[C@H](c3nnc4ccccn34)C2)CC1. The lowest BCUT2D eigenvalue weighted by molar-refractivity contribution is -0.138. The van der Waals surface area contributed by atoms with Gasteiger partial charge in [0, 0.05) is 44.2 Å². The van der Waals surface area contributed by atoms with Crippen LogP contribution in [-0.2, 0) is 9.53 Å². The van der Waals surface area contributed by atoms with Crippen molar-refractivity contribution in [3.05, 3.63) is 30.2 Å². The fraction of sp³-hybridized carbons (Fsp3) is 0.636. The van der Waals surface area contributed by atoms with Gasteiger partial charge in [-0.15, -0.1) is 10.2 Å². The average Bonchev–Trinajstić information content (AvgIpc) is 3.16. The van der Waals surface area contributed by atoms with Crippen molar-refractivity contribution >= 4 is 17.6 Å². The molecule has 0 aliphatic carbocycles. The molecule has 0 spiro atoms. The minimum absolute atomic E-state index is 0.0300. The minimum Gasteiger partial charge on any atom is -0.444 e. The first-order valence-corrected chi connectivity index (χ1v) is 10.9. The number of carbonyl (C=O) groups is 2. The van der Waals surface area contributed by atoms with Crippen molar-refractivity contribution in [3.63, 3.8) is 0 Å². The summed E-state index contributed by atoms with van der Waals surface area (Å²) in [4.78, 5) is 29.2. The van der Waals surface area contributed by atoms with Crippen LogP contribution in [0.25, 0.3) is 5.65 Å². The highest BCUT2D eigenvalue weighted by Crippen LogP contribution is 2.29. The van der Waals surface area contributed by atoms with Gasteiger partial charge in [-0.2, -0.15) is 0 Å². The molecule has 0 bridgehead atoms. The largest absolute Gasteiger partial charge is 0.444 e. The number of pyridine rings is 1. The Morgan fingerprint density at radius 3 is 2.53 bits per heavy atom. The second kappa shape index (κ2) is 8.24. The van der Waals surface area contributed by atoms with Crippen LogP contribution in [0, 0.1) is 5.92 Å².